The smallest absolute Gasteiger partial charge is 0.309 e. The standard InChI is InChI=1S/C15H20O5S/c1-11-4-8-13(9-5-11)21(17,18)19-10-15(2,3)20-14(16)12-6-7-12/h4-5,8-9,12H,6-7,10H2,1-3H3. The number of hydrogen-bond acceptors (Lipinski definition) is 5. The minimum atomic E-state index is -3.84. The van der Waals surface area contributed by atoms with Gasteiger partial charge in [0.2, 0.25) is 0 Å². The molecule has 0 aliphatic heterocycles. The summed E-state index contributed by atoms with van der Waals surface area (Å²) in [5.41, 5.74) is -0.00935. The zero-order chi connectivity index (χ0) is 15.7. The fourth-order valence-corrected chi connectivity index (χ4v) is 2.74. The van der Waals surface area contributed by atoms with E-state index in [4.69, 9.17) is 8.92 Å². The van der Waals surface area contributed by atoms with Gasteiger partial charge in [0.15, 0.2) is 0 Å². The van der Waals surface area contributed by atoms with Gasteiger partial charge in [-0.2, -0.15) is 8.42 Å². The second kappa shape index (κ2) is 5.77. The number of esters is 1. The van der Waals surface area contributed by atoms with Crippen molar-refractivity contribution in [3.05, 3.63) is 29.8 Å². The van der Waals surface area contributed by atoms with Gasteiger partial charge in [-0.15, -0.1) is 0 Å². The van der Waals surface area contributed by atoms with E-state index < -0.39 is 15.7 Å². The fourth-order valence-electron chi connectivity index (χ4n) is 1.70. The molecule has 0 bridgehead atoms. The Morgan fingerprint density at radius 1 is 1.24 bits per heavy atom. The van der Waals surface area contributed by atoms with Crippen molar-refractivity contribution in [3.63, 3.8) is 0 Å². The van der Waals surface area contributed by atoms with Crippen LogP contribution in [0.15, 0.2) is 29.2 Å². The zero-order valence-electron chi connectivity index (χ0n) is 12.5. The van der Waals surface area contributed by atoms with E-state index in [1.165, 1.54) is 12.1 Å². The summed E-state index contributed by atoms with van der Waals surface area (Å²) in [7, 11) is -3.84. The van der Waals surface area contributed by atoms with E-state index in [1.807, 2.05) is 6.92 Å². The minimum Gasteiger partial charge on any atom is -0.457 e. The molecule has 0 atom stereocenters. The summed E-state index contributed by atoms with van der Waals surface area (Å²) < 4.78 is 34.4. The average Bonchev–Trinajstić information content (AvgIpc) is 3.21. The summed E-state index contributed by atoms with van der Waals surface area (Å²) in [5, 5.41) is 0. The van der Waals surface area contributed by atoms with Crippen LogP contribution in [0.5, 0.6) is 0 Å². The van der Waals surface area contributed by atoms with E-state index in [2.05, 4.69) is 0 Å². The first-order chi connectivity index (χ1) is 9.70. The molecule has 116 valence electrons. The van der Waals surface area contributed by atoms with Crippen LogP contribution >= 0.6 is 0 Å². The predicted octanol–water partition coefficient (Wildman–Crippen LogP) is 2.43. The molecule has 0 aromatic heterocycles. The van der Waals surface area contributed by atoms with E-state index >= 15 is 0 Å². The third-order valence-electron chi connectivity index (χ3n) is 3.16. The van der Waals surface area contributed by atoms with Gasteiger partial charge in [-0.1, -0.05) is 17.7 Å². The second-order valence-electron chi connectivity index (χ2n) is 5.98. The summed E-state index contributed by atoms with van der Waals surface area (Å²) in [4.78, 5) is 11.7. The Balaban J connectivity index is 1.96. The lowest BCUT2D eigenvalue weighted by Crippen LogP contribution is -2.35. The lowest BCUT2D eigenvalue weighted by Gasteiger charge is -2.24. The molecule has 0 radical (unpaired) electrons. The molecule has 6 heteroatoms. The molecule has 1 saturated carbocycles. The molecule has 2 rings (SSSR count). The largest absolute Gasteiger partial charge is 0.457 e. The molecular weight excluding hydrogens is 292 g/mol. The summed E-state index contributed by atoms with van der Waals surface area (Å²) in [6.07, 6.45) is 1.69. The summed E-state index contributed by atoms with van der Waals surface area (Å²) >= 11 is 0. The van der Waals surface area contributed by atoms with Gasteiger partial charge in [0.05, 0.1) is 10.8 Å². The topological polar surface area (TPSA) is 69.7 Å². The van der Waals surface area contributed by atoms with Crippen LogP contribution < -0.4 is 0 Å². The zero-order valence-corrected chi connectivity index (χ0v) is 13.3. The van der Waals surface area contributed by atoms with Gasteiger partial charge in [0, 0.05) is 0 Å². The molecule has 0 heterocycles. The van der Waals surface area contributed by atoms with Crippen molar-refractivity contribution in [1.82, 2.24) is 0 Å². The number of benzene rings is 1. The Kier molecular flexibility index (Phi) is 4.39. The summed E-state index contributed by atoms with van der Waals surface area (Å²) in [6.45, 7) is 4.94. The van der Waals surface area contributed by atoms with Gasteiger partial charge in [-0.05, 0) is 45.7 Å². The highest BCUT2D eigenvalue weighted by molar-refractivity contribution is 7.86. The lowest BCUT2D eigenvalue weighted by molar-refractivity contribution is -0.160. The molecule has 1 aliphatic rings. The van der Waals surface area contributed by atoms with E-state index in [0.29, 0.717) is 0 Å². The molecule has 0 unspecified atom stereocenters. The summed E-state index contributed by atoms with van der Waals surface area (Å²) in [5.74, 6) is -0.311. The minimum absolute atomic E-state index is 0.0296. The van der Waals surface area contributed by atoms with Crippen LogP contribution in [0.3, 0.4) is 0 Å². The maximum Gasteiger partial charge on any atom is 0.309 e. The molecule has 0 saturated heterocycles. The van der Waals surface area contributed by atoms with Crippen LogP contribution in [0, 0.1) is 12.8 Å². The third kappa shape index (κ3) is 4.54. The lowest BCUT2D eigenvalue weighted by atomic mass is 10.1. The monoisotopic (exact) mass is 312 g/mol. The number of ether oxygens (including phenoxy) is 1. The molecule has 5 nitrogen and oxygen atoms in total. The van der Waals surface area contributed by atoms with Crippen LogP contribution in [0.1, 0.15) is 32.3 Å². The third-order valence-corrected chi connectivity index (χ3v) is 4.44. The summed E-state index contributed by atoms with van der Waals surface area (Å²) in [6, 6.07) is 6.39. The number of hydrogen-bond donors (Lipinski definition) is 0. The molecule has 0 N–H and O–H groups in total. The molecule has 1 aromatic rings. The highest BCUT2D eigenvalue weighted by atomic mass is 32.2. The van der Waals surface area contributed by atoms with Gasteiger partial charge in [0.1, 0.15) is 12.2 Å². The second-order valence-corrected chi connectivity index (χ2v) is 7.60. The normalized spacial score (nSPS) is 15.8. The first-order valence-electron chi connectivity index (χ1n) is 6.89. The number of carbonyl (C=O) groups excluding carboxylic acids is 1. The maximum absolute atomic E-state index is 12.1. The fraction of sp³-hybridized carbons (Fsp3) is 0.533. The van der Waals surface area contributed by atoms with Gasteiger partial charge in [-0.3, -0.25) is 8.98 Å². The van der Waals surface area contributed by atoms with E-state index in [-0.39, 0.29) is 23.4 Å². The molecule has 0 amide bonds. The maximum atomic E-state index is 12.1. The van der Waals surface area contributed by atoms with E-state index in [9.17, 15) is 13.2 Å². The van der Waals surface area contributed by atoms with Crippen LogP contribution in [0.2, 0.25) is 0 Å². The van der Waals surface area contributed by atoms with Crippen LogP contribution in [-0.2, 0) is 23.8 Å². The first kappa shape index (κ1) is 16.0. The Bertz CT molecular complexity index is 612. The number of rotatable bonds is 6. The van der Waals surface area contributed by atoms with Crippen molar-refractivity contribution in [2.75, 3.05) is 6.61 Å². The Hall–Kier alpha value is -1.40. The SMILES string of the molecule is Cc1ccc(S(=O)(=O)OCC(C)(C)OC(=O)C2CC2)cc1. The van der Waals surface area contributed by atoms with Crippen molar-refractivity contribution in [1.29, 1.82) is 0 Å². The highest BCUT2D eigenvalue weighted by Crippen LogP contribution is 2.32. The Labute approximate surface area is 125 Å². The van der Waals surface area contributed by atoms with Crippen molar-refractivity contribution >= 4 is 16.1 Å². The predicted molar refractivity (Wildman–Crippen MR) is 77.2 cm³/mol. The van der Waals surface area contributed by atoms with Gasteiger partial charge in [-0.25, -0.2) is 0 Å². The van der Waals surface area contributed by atoms with Crippen molar-refractivity contribution in [2.45, 2.75) is 44.1 Å². The Morgan fingerprint density at radius 3 is 2.33 bits per heavy atom. The van der Waals surface area contributed by atoms with E-state index in [1.54, 1.807) is 26.0 Å². The molecule has 1 fully saturated rings. The van der Waals surface area contributed by atoms with Crippen molar-refractivity contribution < 1.29 is 22.1 Å². The number of carbonyl (C=O) groups is 1. The number of aryl methyl sites for hydroxylation is 1. The Morgan fingerprint density at radius 2 is 1.81 bits per heavy atom. The first-order valence-corrected chi connectivity index (χ1v) is 8.29. The highest BCUT2D eigenvalue weighted by Gasteiger charge is 2.36. The van der Waals surface area contributed by atoms with Gasteiger partial charge in [0.25, 0.3) is 10.1 Å². The average molecular weight is 312 g/mol. The molecule has 0 spiro atoms. The molecular formula is C15H20O5S. The van der Waals surface area contributed by atoms with Gasteiger partial charge >= 0.3 is 5.97 Å². The molecule has 21 heavy (non-hydrogen) atoms. The van der Waals surface area contributed by atoms with Crippen LogP contribution in [0.4, 0.5) is 0 Å². The van der Waals surface area contributed by atoms with Crippen molar-refractivity contribution in [3.8, 4) is 0 Å². The van der Waals surface area contributed by atoms with Gasteiger partial charge < -0.3 is 4.74 Å². The quantitative estimate of drug-likeness (QED) is 0.596. The van der Waals surface area contributed by atoms with Crippen LogP contribution in [0.25, 0.3) is 0 Å². The van der Waals surface area contributed by atoms with E-state index in [0.717, 1.165) is 18.4 Å². The van der Waals surface area contributed by atoms with Crippen LogP contribution in [-0.4, -0.2) is 26.6 Å². The molecule has 1 aromatic carbocycles. The molecule has 1 aliphatic carbocycles. The van der Waals surface area contributed by atoms with Crippen molar-refractivity contribution in [2.24, 2.45) is 5.92 Å².